The van der Waals surface area contributed by atoms with E-state index in [1.807, 2.05) is 82.3 Å². The Morgan fingerprint density at radius 3 is 1.84 bits per heavy atom. The summed E-state index contributed by atoms with van der Waals surface area (Å²) >= 11 is 3.43. The maximum atomic E-state index is 14.2. The Morgan fingerprint density at radius 1 is 0.719 bits per heavy atom. The molecule has 57 heavy (non-hydrogen) atoms. The maximum absolute atomic E-state index is 14.2. The van der Waals surface area contributed by atoms with Crippen molar-refractivity contribution in [3.8, 4) is 0 Å². The molecule has 14 heteroatoms. The van der Waals surface area contributed by atoms with Crippen molar-refractivity contribution in [3.05, 3.63) is 135 Å². The molecule has 0 aliphatic heterocycles. The quantitative estimate of drug-likeness (QED) is 0.0831. The van der Waals surface area contributed by atoms with Gasteiger partial charge in [-0.05, 0) is 80.1 Å². The Bertz CT molecular complexity index is 2080. The minimum atomic E-state index is -3.94. The van der Waals surface area contributed by atoms with Crippen LogP contribution in [0.4, 0.5) is 5.69 Å². The first-order valence-corrected chi connectivity index (χ1v) is 21.4. The van der Waals surface area contributed by atoms with E-state index in [0.29, 0.717) is 18.5 Å². The van der Waals surface area contributed by atoms with Gasteiger partial charge in [0.15, 0.2) is 0 Å². The molecule has 5 N–H and O–H groups in total. The Hall–Kier alpha value is -5.05. The minimum Gasteiger partial charge on any atom is -0.355 e. The van der Waals surface area contributed by atoms with Crippen LogP contribution in [0.2, 0.25) is 0 Å². The zero-order chi connectivity index (χ0) is 41.7. The van der Waals surface area contributed by atoms with Gasteiger partial charge in [-0.25, -0.2) is 8.42 Å². The van der Waals surface area contributed by atoms with Crippen LogP contribution in [-0.2, 0) is 31.8 Å². The molecule has 0 spiro atoms. The van der Waals surface area contributed by atoms with Crippen molar-refractivity contribution in [2.45, 2.75) is 71.0 Å². The molecule has 4 amide bonds. The zero-order valence-electron chi connectivity index (χ0n) is 33.2. The Kier molecular flexibility index (Phi) is 16.4. The number of hydrogen-bond donors (Lipinski definition) is 5. The summed E-state index contributed by atoms with van der Waals surface area (Å²) in [6.45, 7) is 9.65. The summed E-state index contributed by atoms with van der Waals surface area (Å²) in [6.07, 6.45) is 0.393. The van der Waals surface area contributed by atoms with Crippen LogP contribution in [0.1, 0.15) is 78.1 Å². The van der Waals surface area contributed by atoms with Crippen molar-refractivity contribution in [2.24, 2.45) is 5.92 Å². The van der Waals surface area contributed by atoms with Crippen molar-refractivity contribution in [2.75, 3.05) is 24.4 Å². The van der Waals surface area contributed by atoms with E-state index in [0.717, 1.165) is 19.9 Å². The second-order valence-corrected chi connectivity index (χ2v) is 17.3. The molecule has 4 aromatic carbocycles. The predicted octanol–water partition coefficient (Wildman–Crippen LogP) is 5.50. The van der Waals surface area contributed by atoms with Gasteiger partial charge in [0.05, 0.1) is 23.5 Å². The van der Waals surface area contributed by atoms with Gasteiger partial charge in [0, 0.05) is 41.8 Å². The topological polar surface area (TPSA) is 166 Å². The third-order valence-electron chi connectivity index (χ3n) is 9.45. The number of halogens is 1. The number of amides is 4. The lowest BCUT2D eigenvalue weighted by atomic mass is 10.0. The lowest BCUT2D eigenvalue weighted by Gasteiger charge is -2.26. The highest BCUT2D eigenvalue weighted by Crippen LogP contribution is 2.25. The van der Waals surface area contributed by atoms with Gasteiger partial charge < -0.3 is 26.6 Å². The molecule has 4 rings (SSSR count). The van der Waals surface area contributed by atoms with E-state index in [1.165, 1.54) is 25.2 Å². The van der Waals surface area contributed by atoms with Crippen LogP contribution in [0.15, 0.2) is 108 Å². The first-order chi connectivity index (χ1) is 27.1. The van der Waals surface area contributed by atoms with E-state index in [4.69, 9.17) is 0 Å². The number of likely N-dealkylation sites (N-methyl/N-ethyl adjacent to an activating group) is 1. The van der Waals surface area contributed by atoms with Gasteiger partial charge in [-0.3, -0.25) is 23.5 Å². The second kappa shape index (κ2) is 20.9. The fraction of sp³-hybridized carbons (Fsp3) is 0.349. The van der Waals surface area contributed by atoms with Crippen LogP contribution in [0.3, 0.4) is 0 Å². The molecular weight excluding hydrogens is 808 g/mol. The van der Waals surface area contributed by atoms with Gasteiger partial charge in [0.1, 0.15) is 6.04 Å². The Morgan fingerprint density at radius 2 is 1.28 bits per heavy atom. The van der Waals surface area contributed by atoms with Crippen LogP contribution in [0.5, 0.6) is 0 Å². The average molecular weight is 862 g/mol. The molecule has 0 bridgehead atoms. The summed E-state index contributed by atoms with van der Waals surface area (Å²) in [5, 5.41) is 14.8. The standard InChI is InChI=1S/C43H53BrN6O6S/c1-7-45-43(54)39(28(2)3)49-40(51)30(5)46-26-37(22-31-14-10-8-11-15-31)48-42(53)35-23-34(41(52)47-29(4)33-18-20-36(44)21-19-33)24-38(25-35)50(6)57(55,56)27-32-16-12-9-13-17-32/h8-21,23-25,28-30,37,39,46H,7,22,26-27H2,1-6H3,(H,45,54)(H,47,52)(H,48,53)(H,49,51)/t29-,30+,37+,39+/m1/s1. The minimum absolute atomic E-state index is 0.0706. The van der Waals surface area contributed by atoms with Crippen LogP contribution < -0.4 is 30.9 Å². The molecule has 0 aromatic heterocycles. The third-order valence-corrected chi connectivity index (χ3v) is 11.7. The number of benzene rings is 4. The average Bonchev–Trinajstić information content (AvgIpc) is 3.18. The molecule has 4 atom stereocenters. The van der Waals surface area contributed by atoms with E-state index in [2.05, 4.69) is 42.5 Å². The molecule has 12 nitrogen and oxygen atoms in total. The maximum Gasteiger partial charge on any atom is 0.251 e. The monoisotopic (exact) mass is 860 g/mol. The molecule has 0 heterocycles. The number of nitrogens with zero attached hydrogens (tertiary/aromatic N) is 1. The molecular formula is C43H53BrN6O6S. The summed E-state index contributed by atoms with van der Waals surface area (Å²) < 4.78 is 29.3. The van der Waals surface area contributed by atoms with Gasteiger partial charge in [0.2, 0.25) is 21.8 Å². The molecule has 0 aliphatic rings. The number of anilines is 1. The lowest BCUT2D eigenvalue weighted by Crippen LogP contribution is -2.55. The summed E-state index contributed by atoms with van der Waals surface area (Å²) in [7, 11) is -2.55. The number of nitrogens with one attached hydrogen (secondary N) is 5. The van der Waals surface area contributed by atoms with E-state index in [1.54, 1.807) is 37.3 Å². The molecule has 0 radical (unpaired) electrons. The van der Waals surface area contributed by atoms with Gasteiger partial charge >= 0.3 is 0 Å². The number of carbonyl (C=O) groups is 4. The van der Waals surface area contributed by atoms with Crippen LogP contribution in [-0.4, -0.2) is 70.3 Å². The molecule has 0 saturated carbocycles. The zero-order valence-corrected chi connectivity index (χ0v) is 35.6. The highest BCUT2D eigenvalue weighted by molar-refractivity contribution is 9.10. The normalized spacial score (nSPS) is 13.5. The third kappa shape index (κ3) is 13.3. The molecule has 0 unspecified atom stereocenters. The number of carbonyl (C=O) groups excluding carboxylic acids is 4. The highest BCUT2D eigenvalue weighted by atomic mass is 79.9. The highest BCUT2D eigenvalue weighted by Gasteiger charge is 2.27. The fourth-order valence-electron chi connectivity index (χ4n) is 6.06. The molecule has 0 fully saturated rings. The summed E-state index contributed by atoms with van der Waals surface area (Å²) in [5.74, 6) is -2.11. The van der Waals surface area contributed by atoms with Gasteiger partial charge in [-0.1, -0.05) is 103 Å². The van der Waals surface area contributed by atoms with E-state index >= 15 is 0 Å². The van der Waals surface area contributed by atoms with Crippen LogP contribution in [0, 0.1) is 5.92 Å². The van der Waals surface area contributed by atoms with Gasteiger partial charge in [-0.15, -0.1) is 0 Å². The van der Waals surface area contributed by atoms with Crippen LogP contribution >= 0.6 is 15.9 Å². The fourth-order valence-corrected chi connectivity index (χ4v) is 7.56. The number of rotatable bonds is 19. The second-order valence-electron chi connectivity index (χ2n) is 14.3. The van der Waals surface area contributed by atoms with Crippen molar-refractivity contribution in [3.63, 3.8) is 0 Å². The lowest BCUT2D eigenvalue weighted by molar-refractivity contribution is -0.130. The van der Waals surface area contributed by atoms with Crippen molar-refractivity contribution < 1.29 is 27.6 Å². The van der Waals surface area contributed by atoms with E-state index in [-0.39, 0.29) is 46.8 Å². The molecule has 304 valence electrons. The largest absolute Gasteiger partial charge is 0.355 e. The molecule has 4 aromatic rings. The first-order valence-electron chi connectivity index (χ1n) is 19.0. The summed E-state index contributed by atoms with van der Waals surface area (Å²) in [4.78, 5) is 53.8. The van der Waals surface area contributed by atoms with Gasteiger partial charge in [-0.2, -0.15) is 0 Å². The Balaban J connectivity index is 1.62. The van der Waals surface area contributed by atoms with Crippen molar-refractivity contribution in [1.82, 2.24) is 26.6 Å². The molecule has 0 aliphatic carbocycles. The SMILES string of the molecule is CCNC(=O)[C@@H](NC(=O)[C@H](C)NC[C@H](Cc1ccccc1)NC(=O)c1cc(C(=O)N[C@H](C)c2ccc(Br)cc2)cc(N(C)S(=O)(=O)Cc2ccccc2)c1)C(C)C. The summed E-state index contributed by atoms with van der Waals surface area (Å²) in [5.41, 5.74) is 2.67. The van der Waals surface area contributed by atoms with E-state index < -0.39 is 46.0 Å². The number of hydrogen-bond acceptors (Lipinski definition) is 7. The van der Waals surface area contributed by atoms with Crippen molar-refractivity contribution >= 4 is 55.3 Å². The summed E-state index contributed by atoms with van der Waals surface area (Å²) in [6, 6.07) is 27.7. The number of sulfonamides is 1. The van der Waals surface area contributed by atoms with Gasteiger partial charge in [0.25, 0.3) is 11.8 Å². The molecule has 0 saturated heterocycles. The smallest absolute Gasteiger partial charge is 0.251 e. The predicted molar refractivity (Wildman–Crippen MR) is 228 cm³/mol. The van der Waals surface area contributed by atoms with E-state index in [9.17, 15) is 27.6 Å². The van der Waals surface area contributed by atoms with Crippen molar-refractivity contribution in [1.29, 1.82) is 0 Å². The van der Waals surface area contributed by atoms with Crippen LogP contribution in [0.25, 0.3) is 0 Å². The first kappa shape index (κ1) is 44.7. The Labute approximate surface area is 344 Å².